The van der Waals surface area contributed by atoms with E-state index in [0.29, 0.717) is 12.0 Å². The lowest BCUT2D eigenvalue weighted by Crippen LogP contribution is -2.24. The van der Waals surface area contributed by atoms with E-state index in [1.54, 1.807) is 6.08 Å². The van der Waals surface area contributed by atoms with E-state index in [9.17, 15) is 4.79 Å². The number of carboxylic acids is 1. The van der Waals surface area contributed by atoms with Gasteiger partial charge in [0.2, 0.25) is 0 Å². The van der Waals surface area contributed by atoms with Crippen LogP contribution in [-0.2, 0) is 14.3 Å². The summed E-state index contributed by atoms with van der Waals surface area (Å²) in [5, 5.41) is 9.12. The lowest BCUT2D eigenvalue weighted by molar-refractivity contribution is -0.154. The Balaban J connectivity index is 4.76. The van der Waals surface area contributed by atoms with Gasteiger partial charge in [0.1, 0.15) is 0 Å². The van der Waals surface area contributed by atoms with Crippen LogP contribution in [0.5, 0.6) is 0 Å². The predicted molar refractivity (Wildman–Crippen MR) is 71.7 cm³/mol. The average molecular weight is 271 g/mol. The maximum atomic E-state index is 11.1. The van der Waals surface area contributed by atoms with Gasteiger partial charge in [0, 0.05) is 15.8 Å². The molecule has 18 heavy (non-hydrogen) atoms. The Hall–Kier alpha value is -0.653. The molecule has 0 heterocycles. The third kappa shape index (κ3) is 8.44. The van der Waals surface area contributed by atoms with Crippen molar-refractivity contribution in [2.75, 3.05) is 0 Å². The van der Waals surface area contributed by atoms with Gasteiger partial charge in [0.25, 0.3) is 0 Å². The standard InChI is InChI=1S/C13H23O4Si/c1-9(2)16-12(17-10(3)4)8-11(13(14)15)6-5-7-18/h8-10,12H,5-7H2,1-4H3,(H,14,15). The van der Waals surface area contributed by atoms with Crippen LogP contribution in [0.1, 0.15) is 40.5 Å². The molecule has 0 spiro atoms. The van der Waals surface area contributed by atoms with Gasteiger partial charge in [0.05, 0.1) is 12.2 Å². The van der Waals surface area contributed by atoms with Crippen LogP contribution in [0.2, 0.25) is 6.04 Å². The highest BCUT2D eigenvalue weighted by atomic mass is 28.1. The number of carbonyl (C=O) groups is 1. The molecule has 0 rings (SSSR count). The fourth-order valence-electron chi connectivity index (χ4n) is 1.35. The molecule has 0 aromatic heterocycles. The van der Waals surface area contributed by atoms with E-state index in [-0.39, 0.29) is 12.2 Å². The van der Waals surface area contributed by atoms with Crippen molar-refractivity contribution in [3.05, 3.63) is 11.6 Å². The summed E-state index contributed by atoms with van der Waals surface area (Å²) in [5.74, 6) is -0.917. The highest BCUT2D eigenvalue weighted by Gasteiger charge is 2.15. The fourth-order valence-corrected chi connectivity index (χ4v) is 1.53. The molecular weight excluding hydrogens is 248 g/mol. The van der Waals surface area contributed by atoms with Crippen molar-refractivity contribution >= 4 is 16.2 Å². The monoisotopic (exact) mass is 271 g/mol. The second-order valence-corrected chi connectivity index (χ2v) is 5.09. The first-order valence-electron chi connectivity index (χ1n) is 6.26. The number of hydrogen-bond donors (Lipinski definition) is 1. The largest absolute Gasteiger partial charge is 0.478 e. The molecular formula is C13H23O4Si. The highest BCUT2D eigenvalue weighted by Crippen LogP contribution is 2.13. The highest BCUT2D eigenvalue weighted by molar-refractivity contribution is 6.08. The maximum Gasteiger partial charge on any atom is 0.331 e. The molecule has 0 amide bonds. The summed E-state index contributed by atoms with van der Waals surface area (Å²) < 4.78 is 11.1. The Labute approximate surface area is 113 Å². The van der Waals surface area contributed by atoms with Crippen molar-refractivity contribution in [2.24, 2.45) is 0 Å². The number of carboxylic acid groups (broad SMARTS) is 1. The number of rotatable bonds is 9. The van der Waals surface area contributed by atoms with Crippen molar-refractivity contribution in [1.29, 1.82) is 0 Å². The summed E-state index contributed by atoms with van der Waals surface area (Å²) >= 11 is 0. The smallest absolute Gasteiger partial charge is 0.331 e. The molecule has 0 unspecified atom stereocenters. The van der Waals surface area contributed by atoms with Crippen LogP contribution >= 0.6 is 0 Å². The average Bonchev–Trinajstić information content (AvgIpc) is 2.21. The van der Waals surface area contributed by atoms with Crippen molar-refractivity contribution in [3.8, 4) is 0 Å². The maximum absolute atomic E-state index is 11.1. The van der Waals surface area contributed by atoms with Crippen LogP contribution in [0.4, 0.5) is 0 Å². The Morgan fingerprint density at radius 3 is 2.06 bits per heavy atom. The SMILES string of the molecule is CC(C)OC(C=C(CCC[Si])C(=O)O)OC(C)C. The quantitative estimate of drug-likeness (QED) is 0.398. The van der Waals surface area contributed by atoms with Crippen molar-refractivity contribution in [2.45, 2.75) is 65.1 Å². The zero-order valence-electron chi connectivity index (χ0n) is 11.6. The van der Waals surface area contributed by atoms with Gasteiger partial charge in [-0.3, -0.25) is 0 Å². The summed E-state index contributed by atoms with van der Waals surface area (Å²) in [6, 6.07) is 0.769. The first-order chi connectivity index (χ1) is 8.36. The van der Waals surface area contributed by atoms with E-state index in [4.69, 9.17) is 14.6 Å². The van der Waals surface area contributed by atoms with Gasteiger partial charge in [-0.05, 0) is 40.2 Å². The molecule has 0 aromatic carbocycles. The lowest BCUT2D eigenvalue weighted by Gasteiger charge is -2.21. The van der Waals surface area contributed by atoms with Gasteiger partial charge in [-0.25, -0.2) is 4.79 Å². The molecule has 1 N–H and O–H groups in total. The molecule has 0 aliphatic carbocycles. The minimum absolute atomic E-state index is 0.0177. The van der Waals surface area contributed by atoms with Gasteiger partial charge < -0.3 is 14.6 Å². The molecule has 0 bridgehead atoms. The normalized spacial score (nSPS) is 12.8. The molecule has 5 heteroatoms. The van der Waals surface area contributed by atoms with E-state index >= 15 is 0 Å². The van der Waals surface area contributed by atoms with Crippen LogP contribution in [0.3, 0.4) is 0 Å². The van der Waals surface area contributed by atoms with Crippen molar-refractivity contribution in [3.63, 3.8) is 0 Å². The van der Waals surface area contributed by atoms with Crippen LogP contribution in [0, 0.1) is 0 Å². The Morgan fingerprint density at radius 1 is 1.22 bits per heavy atom. The molecule has 0 aliphatic rings. The minimum atomic E-state index is -0.917. The molecule has 0 aliphatic heterocycles. The van der Waals surface area contributed by atoms with Gasteiger partial charge >= 0.3 is 5.97 Å². The van der Waals surface area contributed by atoms with E-state index in [1.165, 1.54) is 0 Å². The zero-order valence-corrected chi connectivity index (χ0v) is 12.6. The van der Waals surface area contributed by atoms with Crippen LogP contribution in [-0.4, -0.2) is 39.8 Å². The molecule has 0 saturated heterocycles. The first kappa shape index (κ1) is 17.3. The lowest BCUT2D eigenvalue weighted by atomic mass is 10.1. The van der Waals surface area contributed by atoms with E-state index < -0.39 is 12.3 Å². The second-order valence-electron chi connectivity index (χ2n) is 4.59. The van der Waals surface area contributed by atoms with Crippen molar-refractivity contribution < 1.29 is 19.4 Å². The number of hydrogen-bond acceptors (Lipinski definition) is 3. The summed E-state index contributed by atoms with van der Waals surface area (Å²) in [5.41, 5.74) is 0.333. The van der Waals surface area contributed by atoms with Crippen LogP contribution in [0.25, 0.3) is 0 Å². The van der Waals surface area contributed by atoms with E-state index in [1.807, 2.05) is 27.7 Å². The van der Waals surface area contributed by atoms with Crippen LogP contribution < -0.4 is 0 Å². The fraction of sp³-hybridized carbons (Fsp3) is 0.769. The van der Waals surface area contributed by atoms with Gasteiger partial charge in [-0.1, -0.05) is 12.5 Å². The van der Waals surface area contributed by atoms with Gasteiger partial charge in [-0.2, -0.15) is 0 Å². The Kier molecular flexibility index (Phi) is 8.96. The molecule has 3 radical (unpaired) electrons. The molecule has 0 aromatic rings. The summed E-state index contributed by atoms with van der Waals surface area (Å²) in [4.78, 5) is 11.1. The Bertz CT molecular complexity index is 264. The minimum Gasteiger partial charge on any atom is -0.478 e. The predicted octanol–water partition coefficient (Wildman–Crippen LogP) is 2.54. The zero-order chi connectivity index (χ0) is 14.1. The summed E-state index contributed by atoms with van der Waals surface area (Å²) in [7, 11) is 3.34. The Morgan fingerprint density at radius 2 is 1.72 bits per heavy atom. The van der Waals surface area contributed by atoms with E-state index in [0.717, 1.165) is 12.5 Å². The van der Waals surface area contributed by atoms with E-state index in [2.05, 4.69) is 10.2 Å². The molecule has 0 fully saturated rings. The van der Waals surface area contributed by atoms with Gasteiger partial charge in [-0.15, -0.1) is 0 Å². The summed E-state index contributed by atoms with van der Waals surface area (Å²) in [6.45, 7) is 7.57. The third-order valence-corrected chi connectivity index (χ3v) is 2.40. The van der Waals surface area contributed by atoms with Crippen LogP contribution in [0.15, 0.2) is 11.6 Å². The summed E-state index contributed by atoms with van der Waals surface area (Å²) in [6.07, 6.45) is 2.19. The molecule has 4 nitrogen and oxygen atoms in total. The third-order valence-electron chi connectivity index (χ3n) is 2.05. The molecule has 0 atom stereocenters. The molecule has 103 valence electrons. The number of ether oxygens (including phenoxy) is 2. The topological polar surface area (TPSA) is 55.8 Å². The first-order valence-corrected chi connectivity index (χ1v) is 6.97. The second kappa shape index (κ2) is 9.30. The van der Waals surface area contributed by atoms with Gasteiger partial charge in [0.15, 0.2) is 6.29 Å². The number of aliphatic carboxylic acids is 1. The van der Waals surface area contributed by atoms with Crippen molar-refractivity contribution in [1.82, 2.24) is 0 Å². The molecule has 0 saturated carbocycles.